The fourth-order valence-corrected chi connectivity index (χ4v) is 2.26. The molecular formula is C19H31F3IN3O3. The van der Waals surface area contributed by atoms with E-state index in [-0.39, 0.29) is 43.2 Å². The summed E-state index contributed by atoms with van der Waals surface area (Å²) in [6, 6.07) is 7.21. The van der Waals surface area contributed by atoms with Crippen LogP contribution in [-0.2, 0) is 4.74 Å². The number of nitrogens with zero attached hydrogens (tertiary/aromatic N) is 1. The standard InChI is InChI=1S/C19H30F3N3O3.HI/c1-4-23-18(24-9-6-10-27-13-19(20,21)22)25-12-17(26)15-7-5-8-16(11-15)28-14(2)3;/h5,7-8,11,14,17,26H,4,6,9-10,12-13H2,1-3H3,(H2,23,24,25);1H. The van der Waals surface area contributed by atoms with E-state index in [4.69, 9.17) is 4.74 Å². The normalized spacial score (nSPS) is 13.0. The summed E-state index contributed by atoms with van der Waals surface area (Å²) in [6.45, 7) is 5.65. The summed E-state index contributed by atoms with van der Waals surface area (Å²) in [7, 11) is 0. The minimum absolute atomic E-state index is 0. The first kappa shape index (κ1) is 27.7. The molecule has 0 saturated carbocycles. The van der Waals surface area contributed by atoms with E-state index < -0.39 is 18.9 Å². The Balaban J connectivity index is 0.00000784. The van der Waals surface area contributed by atoms with E-state index in [2.05, 4.69) is 20.4 Å². The van der Waals surface area contributed by atoms with Crippen LogP contribution >= 0.6 is 24.0 Å². The molecule has 1 aromatic rings. The molecule has 0 fully saturated rings. The van der Waals surface area contributed by atoms with Crippen molar-refractivity contribution < 1.29 is 27.8 Å². The lowest BCUT2D eigenvalue weighted by atomic mass is 10.1. The van der Waals surface area contributed by atoms with E-state index in [0.717, 1.165) is 0 Å². The highest BCUT2D eigenvalue weighted by atomic mass is 127. The molecular weight excluding hydrogens is 502 g/mol. The lowest BCUT2D eigenvalue weighted by Crippen LogP contribution is -2.38. The maximum Gasteiger partial charge on any atom is 0.411 e. The van der Waals surface area contributed by atoms with Crippen LogP contribution in [0.25, 0.3) is 0 Å². The summed E-state index contributed by atoms with van der Waals surface area (Å²) in [5.74, 6) is 1.16. The Kier molecular flexibility index (Phi) is 14.0. The van der Waals surface area contributed by atoms with Gasteiger partial charge in [0.05, 0.1) is 18.8 Å². The van der Waals surface area contributed by atoms with Crippen LogP contribution in [0, 0.1) is 0 Å². The van der Waals surface area contributed by atoms with Crippen molar-refractivity contribution in [3.8, 4) is 5.75 Å². The Bertz CT molecular complexity index is 602. The molecule has 10 heteroatoms. The zero-order valence-electron chi connectivity index (χ0n) is 17.0. The first-order chi connectivity index (χ1) is 13.2. The van der Waals surface area contributed by atoms with Crippen molar-refractivity contribution in [2.75, 3.05) is 32.8 Å². The highest BCUT2D eigenvalue weighted by Gasteiger charge is 2.27. The van der Waals surface area contributed by atoms with Crippen LogP contribution < -0.4 is 15.4 Å². The molecule has 0 aliphatic heterocycles. The van der Waals surface area contributed by atoms with Crippen molar-refractivity contribution in [2.45, 2.75) is 45.6 Å². The van der Waals surface area contributed by atoms with Crippen LogP contribution in [0.2, 0.25) is 0 Å². The molecule has 0 saturated heterocycles. The number of rotatable bonds is 11. The summed E-state index contributed by atoms with van der Waals surface area (Å²) in [5.41, 5.74) is 0.693. The number of ether oxygens (including phenoxy) is 2. The van der Waals surface area contributed by atoms with Gasteiger partial charge in [0.25, 0.3) is 0 Å². The van der Waals surface area contributed by atoms with Crippen molar-refractivity contribution in [1.29, 1.82) is 0 Å². The first-order valence-corrected chi connectivity index (χ1v) is 9.32. The molecule has 3 N–H and O–H groups in total. The lowest BCUT2D eigenvalue weighted by molar-refractivity contribution is -0.173. The molecule has 0 spiro atoms. The number of guanidine groups is 1. The fraction of sp³-hybridized carbons (Fsp3) is 0.632. The van der Waals surface area contributed by atoms with E-state index in [9.17, 15) is 18.3 Å². The van der Waals surface area contributed by atoms with Gasteiger partial charge in [-0.15, -0.1) is 24.0 Å². The van der Waals surface area contributed by atoms with E-state index in [1.165, 1.54) is 0 Å². The molecule has 1 unspecified atom stereocenters. The number of hydrogen-bond acceptors (Lipinski definition) is 4. The number of aliphatic hydroxyl groups is 1. The third-order valence-corrected chi connectivity index (χ3v) is 3.40. The molecule has 0 aliphatic rings. The number of aliphatic imine (C=N–C) groups is 1. The van der Waals surface area contributed by atoms with Gasteiger partial charge in [0.1, 0.15) is 12.4 Å². The summed E-state index contributed by atoms with van der Waals surface area (Å²) in [4.78, 5) is 4.32. The molecule has 1 rings (SSSR count). The summed E-state index contributed by atoms with van der Waals surface area (Å²) >= 11 is 0. The zero-order chi connectivity index (χ0) is 21.0. The van der Waals surface area contributed by atoms with Gasteiger partial charge in [-0.2, -0.15) is 13.2 Å². The van der Waals surface area contributed by atoms with Crippen LogP contribution in [0.4, 0.5) is 13.2 Å². The number of benzene rings is 1. The minimum Gasteiger partial charge on any atom is -0.491 e. The molecule has 168 valence electrons. The van der Waals surface area contributed by atoms with Crippen LogP contribution in [0.15, 0.2) is 29.3 Å². The number of nitrogens with one attached hydrogen (secondary N) is 2. The summed E-state index contributed by atoms with van der Waals surface area (Å²) in [6.07, 6.45) is -4.67. The Hall–Kier alpha value is -1.27. The van der Waals surface area contributed by atoms with Gasteiger partial charge in [0.15, 0.2) is 5.96 Å². The first-order valence-electron chi connectivity index (χ1n) is 9.32. The third kappa shape index (κ3) is 13.6. The predicted octanol–water partition coefficient (Wildman–Crippen LogP) is 3.65. The second-order valence-electron chi connectivity index (χ2n) is 6.42. The maximum atomic E-state index is 12.0. The van der Waals surface area contributed by atoms with Gasteiger partial charge in [-0.3, -0.25) is 4.99 Å². The second kappa shape index (κ2) is 14.7. The molecule has 0 amide bonds. The van der Waals surface area contributed by atoms with Crippen LogP contribution in [0.3, 0.4) is 0 Å². The fourth-order valence-electron chi connectivity index (χ4n) is 2.26. The van der Waals surface area contributed by atoms with E-state index in [0.29, 0.717) is 36.8 Å². The monoisotopic (exact) mass is 533 g/mol. The molecule has 0 aromatic heterocycles. The summed E-state index contributed by atoms with van der Waals surface area (Å²) < 4.78 is 46.2. The molecule has 1 aromatic carbocycles. The Morgan fingerprint density at radius 3 is 2.59 bits per heavy atom. The van der Waals surface area contributed by atoms with Crippen LogP contribution in [0.1, 0.15) is 38.9 Å². The van der Waals surface area contributed by atoms with Crippen molar-refractivity contribution >= 4 is 29.9 Å². The van der Waals surface area contributed by atoms with Crippen molar-refractivity contribution in [3.05, 3.63) is 29.8 Å². The smallest absolute Gasteiger partial charge is 0.411 e. The number of halogens is 4. The average Bonchev–Trinajstić information content (AvgIpc) is 2.61. The Morgan fingerprint density at radius 2 is 1.97 bits per heavy atom. The predicted molar refractivity (Wildman–Crippen MR) is 118 cm³/mol. The number of aliphatic hydroxyl groups excluding tert-OH is 1. The molecule has 1 atom stereocenters. The number of hydrogen-bond donors (Lipinski definition) is 3. The topological polar surface area (TPSA) is 75.1 Å². The van der Waals surface area contributed by atoms with Crippen molar-refractivity contribution in [1.82, 2.24) is 10.6 Å². The molecule has 29 heavy (non-hydrogen) atoms. The largest absolute Gasteiger partial charge is 0.491 e. The van der Waals surface area contributed by atoms with Gasteiger partial charge in [-0.05, 0) is 44.9 Å². The van der Waals surface area contributed by atoms with Crippen molar-refractivity contribution in [3.63, 3.8) is 0 Å². The second-order valence-corrected chi connectivity index (χ2v) is 6.42. The minimum atomic E-state index is -4.31. The van der Waals surface area contributed by atoms with Gasteiger partial charge >= 0.3 is 6.18 Å². The van der Waals surface area contributed by atoms with Gasteiger partial charge in [-0.1, -0.05) is 12.1 Å². The molecule has 0 bridgehead atoms. The summed E-state index contributed by atoms with van der Waals surface area (Å²) in [5, 5.41) is 16.4. The van der Waals surface area contributed by atoms with Gasteiger partial charge in [0.2, 0.25) is 0 Å². The molecule has 0 heterocycles. The molecule has 6 nitrogen and oxygen atoms in total. The SMILES string of the molecule is CCNC(=NCC(O)c1cccc(OC(C)C)c1)NCCCOCC(F)(F)F.I. The number of alkyl halides is 3. The van der Waals surface area contributed by atoms with Crippen LogP contribution in [0.5, 0.6) is 5.75 Å². The van der Waals surface area contributed by atoms with Crippen LogP contribution in [-0.4, -0.2) is 56.2 Å². The highest BCUT2D eigenvalue weighted by molar-refractivity contribution is 14.0. The zero-order valence-corrected chi connectivity index (χ0v) is 19.3. The van der Waals surface area contributed by atoms with Gasteiger partial charge < -0.3 is 25.2 Å². The van der Waals surface area contributed by atoms with Gasteiger partial charge in [-0.25, -0.2) is 0 Å². The maximum absolute atomic E-state index is 12.0. The lowest BCUT2D eigenvalue weighted by Gasteiger charge is -2.15. The van der Waals surface area contributed by atoms with Gasteiger partial charge in [0, 0.05) is 19.7 Å². The Morgan fingerprint density at radius 1 is 1.24 bits per heavy atom. The molecule has 0 radical (unpaired) electrons. The highest BCUT2D eigenvalue weighted by Crippen LogP contribution is 2.20. The quantitative estimate of drug-likeness (QED) is 0.175. The molecule has 0 aliphatic carbocycles. The third-order valence-electron chi connectivity index (χ3n) is 3.40. The van der Waals surface area contributed by atoms with E-state index in [1.807, 2.05) is 32.9 Å². The Labute approximate surface area is 187 Å². The van der Waals surface area contributed by atoms with E-state index >= 15 is 0 Å². The van der Waals surface area contributed by atoms with Crippen molar-refractivity contribution in [2.24, 2.45) is 4.99 Å². The average molecular weight is 533 g/mol. The van der Waals surface area contributed by atoms with E-state index in [1.54, 1.807) is 12.1 Å².